The molecule has 0 aliphatic carbocycles. The highest BCUT2D eigenvalue weighted by molar-refractivity contribution is 6.34. The molecule has 0 fully saturated rings. The molecule has 11 heteroatoms. The van der Waals surface area contributed by atoms with Crippen molar-refractivity contribution < 1.29 is 19.1 Å². The first-order valence-corrected chi connectivity index (χ1v) is 9.52. The minimum absolute atomic E-state index is 0.00817. The summed E-state index contributed by atoms with van der Waals surface area (Å²) in [5.41, 5.74) is 3.53. The number of tetrazole rings is 1. The van der Waals surface area contributed by atoms with Crippen LogP contribution in [0.1, 0.15) is 32.9 Å². The predicted molar refractivity (Wildman–Crippen MR) is 109 cm³/mol. The standard InChI is InChI=1S/C20H20FN7O3/c1-10-17(6-15-14-5-12(21)3-4-16(14)25-19(15)30)24-11(2)18(10)20(31)22-7-13(29)8-28-9-23-26-27-28/h3-6,9,13,24,29H,7-8H2,1-2H3,(H,22,31)(H,25,30)/b15-6-. The highest BCUT2D eigenvalue weighted by atomic mass is 19.1. The molecule has 1 aliphatic rings. The average Bonchev–Trinajstić information content (AvgIpc) is 3.40. The summed E-state index contributed by atoms with van der Waals surface area (Å²) in [7, 11) is 0. The van der Waals surface area contributed by atoms with Gasteiger partial charge >= 0.3 is 0 Å². The molecular formula is C20H20FN7O3. The number of carbonyl (C=O) groups is 2. The van der Waals surface area contributed by atoms with Crippen LogP contribution in [0.2, 0.25) is 0 Å². The summed E-state index contributed by atoms with van der Waals surface area (Å²) in [6.45, 7) is 3.64. The number of rotatable bonds is 6. The highest BCUT2D eigenvalue weighted by Gasteiger charge is 2.26. The number of fused-ring (bicyclic) bond motifs is 1. The second-order valence-corrected chi connectivity index (χ2v) is 7.26. The lowest BCUT2D eigenvalue weighted by Crippen LogP contribution is -2.35. The van der Waals surface area contributed by atoms with E-state index in [2.05, 4.69) is 31.1 Å². The molecule has 1 unspecified atom stereocenters. The number of amides is 2. The van der Waals surface area contributed by atoms with Crippen LogP contribution < -0.4 is 10.6 Å². The number of aromatic nitrogens is 5. The molecule has 4 N–H and O–H groups in total. The van der Waals surface area contributed by atoms with Crippen molar-refractivity contribution in [3.8, 4) is 0 Å². The normalized spacial score (nSPS) is 15.1. The number of aryl methyl sites for hydroxylation is 1. The number of nitrogens with zero attached hydrogens (tertiary/aromatic N) is 4. The van der Waals surface area contributed by atoms with Crippen LogP contribution in [0.15, 0.2) is 24.5 Å². The zero-order chi connectivity index (χ0) is 22.1. The molecule has 1 atom stereocenters. The number of H-pyrrole nitrogens is 1. The molecule has 31 heavy (non-hydrogen) atoms. The molecule has 0 radical (unpaired) electrons. The summed E-state index contributed by atoms with van der Waals surface area (Å²) >= 11 is 0. The Balaban J connectivity index is 1.53. The van der Waals surface area contributed by atoms with Crippen LogP contribution in [0.5, 0.6) is 0 Å². The zero-order valence-corrected chi connectivity index (χ0v) is 16.8. The van der Waals surface area contributed by atoms with Gasteiger partial charge in [0.25, 0.3) is 11.8 Å². The predicted octanol–water partition coefficient (Wildman–Crippen LogP) is 1.04. The SMILES string of the molecule is Cc1[nH]c(/C=C2\C(=O)Nc3ccc(F)cc32)c(C)c1C(=O)NCC(O)Cn1cnnn1. The summed E-state index contributed by atoms with van der Waals surface area (Å²) in [6, 6.07) is 4.09. The van der Waals surface area contributed by atoms with Crippen molar-refractivity contribution in [3.05, 3.63) is 58.4 Å². The van der Waals surface area contributed by atoms with E-state index in [4.69, 9.17) is 0 Å². The molecule has 0 saturated heterocycles. The lowest BCUT2D eigenvalue weighted by molar-refractivity contribution is -0.110. The van der Waals surface area contributed by atoms with Gasteiger partial charge in [0.05, 0.1) is 23.8 Å². The fraction of sp³-hybridized carbons (Fsp3) is 0.250. The van der Waals surface area contributed by atoms with Gasteiger partial charge in [0.15, 0.2) is 0 Å². The van der Waals surface area contributed by atoms with Crippen LogP contribution in [0.3, 0.4) is 0 Å². The van der Waals surface area contributed by atoms with E-state index in [9.17, 15) is 19.1 Å². The summed E-state index contributed by atoms with van der Waals surface area (Å²) in [4.78, 5) is 28.2. The molecule has 1 aliphatic heterocycles. The van der Waals surface area contributed by atoms with E-state index in [0.717, 1.165) is 0 Å². The fourth-order valence-corrected chi connectivity index (χ4v) is 3.55. The molecule has 160 valence electrons. The molecule has 4 rings (SSSR count). The Hall–Kier alpha value is -3.86. The molecule has 0 spiro atoms. The topological polar surface area (TPSA) is 138 Å². The van der Waals surface area contributed by atoms with Crippen molar-refractivity contribution in [2.45, 2.75) is 26.5 Å². The summed E-state index contributed by atoms with van der Waals surface area (Å²) in [5.74, 6) is -1.15. The van der Waals surface area contributed by atoms with Crippen LogP contribution in [0.25, 0.3) is 11.6 Å². The number of hydrogen-bond acceptors (Lipinski definition) is 6. The Morgan fingerprint density at radius 1 is 1.39 bits per heavy atom. The van der Waals surface area contributed by atoms with Crippen molar-refractivity contribution in [2.75, 3.05) is 11.9 Å². The van der Waals surface area contributed by atoms with Gasteiger partial charge in [-0.3, -0.25) is 9.59 Å². The average molecular weight is 425 g/mol. The van der Waals surface area contributed by atoms with Gasteiger partial charge in [-0.05, 0) is 54.1 Å². The number of anilines is 1. The second kappa shape index (κ2) is 8.11. The first-order chi connectivity index (χ1) is 14.8. The molecule has 3 aromatic rings. The number of halogens is 1. The van der Waals surface area contributed by atoms with Crippen LogP contribution in [-0.2, 0) is 11.3 Å². The third-order valence-corrected chi connectivity index (χ3v) is 5.04. The van der Waals surface area contributed by atoms with Crippen molar-refractivity contribution in [2.24, 2.45) is 0 Å². The van der Waals surface area contributed by atoms with E-state index >= 15 is 0 Å². The number of aliphatic hydroxyl groups excluding tert-OH is 1. The maximum Gasteiger partial charge on any atom is 0.256 e. The lowest BCUT2D eigenvalue weighted by atomic mass is 10.0. The molecule has 10 nitrogen and oxygen atoms in total. The Morgan fingerprint density at radius 2 is 2.19 bits per heavy atom. The number of carbonyl (C=O) groups excluding carboxylic acids is 2. The largest absolute Gasteiger partial charge is 0.389 e. The van der Waals surface area contributed by atoms with E-state index in [-0.39, 0.29) is 24.9 Å². The Morgan fingerprint density at radius 3 is 2.94 bits per heavy atom. The quantitative estimate of drug-likeness (QED) is 0.436. The number of hydrogen-bond donors (Lipinski definition) is 4. The van der Waals surface area contributed by atoms with Gasteiger partial charge in [-0.15, -0.1) is 5.10 Å². The summed E-state index contributed by atoms with van der Waals surface area (Å²) in [5, 5.41) is 26.1. The number of aliphatic hydroxyl groups is 1. The summed E-state index contributed by atoms with van der Waals surface area (Å²) < 4.78 is 15.0. The van der Waals surface area contributed by atoms with E-state index < -0.39 is 11.9 Å². The maximum absolute atomic E-state index is 13.7. The monoisotopic (exact) mass is 425 g/mol. The minimum atomic E-state index is -0.873. The van der Waals surface area contributed by atoms with Crippen molar-refractivity contribution >= 4 is 29.2 Å². The third kappa shape index (κ3) is 4.08. The van der Waals surface area contributed by atoms with Gasteiger partial charge < -0.3 is 20.7 Å². The molecule has 0 bridgehead atoms. The van der Waals surface area contributed by atoms with Crippen molar-refractivity contribution in [1.82, 2.24) is 30.5 Å². The van der Waals surface area contributed by atoms with Crippen LogP contribution in [-0.4, -0.2) is 54.8 Å². The van der Waals surface area contributed by atoms with E-state index in [0.29, 0.717) is 39.3 Å². The van der Waals surface area contributed by atoms with Gasteiger partial charge in [0, 0.05) is 29.2 Å². The molecule has 1 aromatic carbocycles. The number of aromatic amines is 1. The Kier molecular flexibility index (Phi) is 5.34. The molecule has 0 saturated carbocycles. The maximum atomic E-state index is 13.7. The van der Waals surface area contributed by atoms with Crippen LogP contribution in [0.4, 0.5) is 10.1 Å². The van der Waals surface area contributed by atoms with Gasteiger partial charge in [-0.25, -0.2) is 9.07 Å². The third-order valence-electron chi connectivity index (χ3n) is 5.04. The van der Waals surface area contributed by atoms with E-state index in [1.54, 1.807) is 19.9 Å². The molecule has 2 amide bonds. The van der Waals surface area contributed by atoms with Crippen LogP contribution >= 0.6 is 0 Å². The number of nitrogens with one attached hydrogen (secondary N) is 3. The molecule has 3 heterocycles. The van der Waals surface area contributed by atoms with E-state index in [1.807, 2.05) is 0 Å². The Bertz CT molecular complexity index is 1180. The number of benzene rings is 1. The van der Waals surface area contributed by atoms with E-state index in [1.165, 1.54) is 29.2 Å². The van der Waals surface area contributed by atoms with Gasteiger partial charge in [-0.1, -0.05) is 0 Å². The van der Waals surface area contributed by atoms with Crippen LogP contribution in [0, 0.1) is 19.7 Å². The van der Waals surface area contributed by atoms with Crippen molar-refractivity contribution in [3.63, 3.8) is 0 Å². The zero-order valence-electron chi connectivity index (χ0n) is 16.8. The molecular weight excluding hydrogens is 405 g/mol. The highest BCUT2D eigenvalue weighted by Crippen LogP contribution is 2.34. The fourth-order valence-electron chi connectivity index (χ4n) is 3.55. The van der Waals surface area contributed by atoms with Crippen molar-refractivity contribution in [1.29, 1.82) is 0 Å². The lowest BCUT2D eigenvalue weighted by Gasteiger charge is -2.11. The Labute approximate surface area is 176 Å². The first kappa shape index (κ1) is 20.4. The van der Waals surface area contributed by atoms with Gasteiger partial charge in [-0.2, -0.15) is 0 Å². The minimum Gasteiger partial charge on any atom is -0.389 e. The first-order valence-electron chi connectivity index (χ1n) is 9.52. The molecule has 2 aromatic heterocycles. The smallest absolute Gasteiger partial charge is 0.256 e. The summed E-state index contributed by atoms with van der Waals surface area (Å²) in [6.07, 6.45) is 2.10. The second-order valence-electron chi connectivity index (χ2n) is 7.26. The van der Waals surface area contributed by atoms with Gasteiger partial charge in [0.2, 0.25) is 0 Å². The van der Waals surface area contributed by atoms with Gasteiger partial charge in [0.1, 0.15) is 12.1 Å².